The highest BCUT2D eigenvalue weighted by Gasteiger charge is 1.92. The lowest BCUT2D eigenvalue weighted by Gasteiger charge is -1.90. The summed E-state index contributed by atoms with van der Waals surface area (Å²) in [6.45, 7) is 4.00. The summed E-state index contributed by atoms with van der Waals surface area (Å²) in [5.74, 6) is -0.0185. The zero-order valence-electron chi connectivity index (χ0n) is 11.3. The Balaban J connectivity index is 0.000000861. The highest BCUT2D eigenvalue weighted by Crippen LogP contribution is 2.05. The molecule has 0 N–H and O–H groups in total. The van der Waals surface area contributed by atoms with Gasteiger partial charge in [0.25, 0.3) is 0 Å². The second kappa shape index (κ2) is 8.68. The molecular formula is C18H18O. The smallest absolute Gasteiger partial charge is 0.178 e. The third kappa shape index (κ3) is 5.67. The molecule has 0 unspecified atom stereocenters. The summed E-state index contributed by atoms with van der Waals surface area (Å²) >= 11 is 0. The number of allylic oxidation sites excluding steroid dienone is 6. The Hall–Kier alpha value is -2.37. The minimum Gasteiger partial charge on any atom is -0.290 e. The number of ketones is 1. The maximum absolute atomic E-state index is 11.5. The lowest BCUT2D eigenvalue weighted by Crippen LogP contribution is -1.85. The summed E-state index contributed by atoms with van der Waals surface area (Å²) in [6, 6.07) is 9.75. The number of rotatable bonds is 4. The van der Waals surface area contributed by atoms with Gasteiger partial charge in [0.1, 0.15) is 0 Å². The molecule has 0 saturated carbocycles. The van der Waals surface area contributed by atoms with E-state index in [0.29, 0.717) is 0 Å². The van der Waals surface area contributed by atoms with E-state index in [1.165, 1.54) is 0 Å². The third-order valence-corrected chi connectivity index (χ3v) is 2.30. The highest BCUT2D eigenvalue weighted by atomic mass is 16.1. The van der Waals surface area contributed by atoms with Gasteiger partial charge in [-0.05, 0) is 41.5 Å². The van der Waals surface area contributed by atoms with E-state index in [4.69, 9.17) is 0 Å². The highest BCUT2D eigenvalue weighted by molar-refractivity contribution is 6.02. The van der Waals surface area contributed by atoms with Gasteiger partial charge in [0.05, 0.1) is 0 Å². The summed E-state index contributed by atoms with van der Waals surface area (Å²) in [5.41, 5.74) is 4.95. The molecule has 0 aliphatic heterocycles. The molecule has 96 valence electrons. The van der Waals surface area contributed by atoms with Crippen molar-refractivity contribution in [2.75, 3.05) is 0 Å². The lowest BCUT2D eigenvalue weighted by atomic mass is 10.2. The van der Waals surface area contributed by atoms with Gasteiger partial charge in [0.2, 0.25) is 0 Å². The fraction of sp³-hybridized carbons (Fsp3) is 0.111. The van der Waals surface area contributed by atoms with Crippen LogP contribution in [0.5, 0.6) is 0 Å². The third-order valence-electron chi connectivity index (χ3n) is 2.30. The van der Waals surface area contributed by atoms with Crippen LogP contribution in [0.15, 0.2) is 78.1 Å². The van der Waals surface area contributed by atoms with Crippen LogP contribution >= 0.6 is 0 Å². The molecule has 0 fully saturated rings. The minimum absolute atomic E-state index is 0.0185. The lowest BCUT2D eigenvalue weighted by molar-refractivity contribution is -0.110. The topological polar surface area (TPSA) is 17.1 Å². The first kappa shape index (κ1) is 14.7. The first-order valence-corrected chi connectivity index (χ1v) is 6.42. The van der Waals surface area contributed by atoms with Crippen molar-refractivity contribution in [2.45, 2.75) is 13.8 Å². The fourth-order valence-corrected chi connectivity index (χ4v) is 1.42. The second-order valence-corrected chi connectivity index (χ2v) is 3.62. The maximum Gasteiger partial charge on any atom is 0.178 e. The zero-order valence-corrected chi connectivity index (χ0v) is 11.3. The molecule has 1 aromatic carbocycles. The molecule has 1 aromatic rings. The van der Waals surface area contributed by atoms with E-state index in [2.05, 4.69) is 5.73 Å². The van der Waals surface area contributed by atoms with Gasteiger partial charge in [-0.3, -0.25) is 4.79 Å². The predicted octanol–water partition coefficient (Wildman–Crippen LogP) is 4.50. The Bertz CT molecular complexity index is 551. The molecule has 1 nitrogen and oxygen atoms in total. The van der Waals surface area contributed by atoms with Gasteiger partial charge in [-0.2, -0.15) is 0 Å². The molecular weight excluding hydrogens is 232 g/mol. The Labute approximate surface area is 115 Å². The molecule has 0 heterocycles. The predicted molar refractivity (Wildman–Crippen MR) is 81.7 cm³/mol. The summed E-state index contributed by atoms with van der Waals surface area (Å²) < 4.78 is 0. The van der Waals surface area contributed by atoms with E-state index in [1.807, 2.05) is 68.5 Å². The number of carbonyl (C=O) groups is 1. The van der Waals surface area contributed by atoms with Crippen LogP contribution in [-0.2, 0) is 4.79 Å². The first-order chi connectivity index (χ1) is 9.34. The summed E-state index contributed by atoms with van der Waals surface area (Å²) in [7, 11) is 0. The van der Waals surface area contributed by atoms with Crippen molar-refractivity contribution in [1.82, 2.24) is 0 Å². The van der Waals surface area contributed by atoms with Crippen molar-refractivity contribution in [3.05, 3.63) is 83.7 Å². The van der Waals surface area contributed by atoms with Crippen LogP contribution in [0.3, 0.4) is 0 Å². The summed E-state index contributed by atoms with van der Waals surface area (Å²) in [5, 5.41) is 0. The first-order valence-electron chi connectivity index (χ1n) is 6.42. The van der Waals surface area contributed by atoms with Crippen LogP contribution in [-0.4, -0.2) is 5.78 Å². The Morgan fingerprint density at radius 2 is 1.74 bits per heavy atom. The normalized spacial score (nSPS) is 12.6. The van der Waals surface area contributed by atoms with E-state index < -0.39 is 0 Å². The van der Waals surface area contributed by atoms with E-state index in [9.17, 15) is 4.79 Å². The molecule has 0 saturated heterocycles. The molecule has 2 rings (SSSR count). The molecule has 0 radical (unpaired) electrons. The van der Waals surface area contributed by atoms with Crippen LogP contribution in [0.1, 0.15) is 19.4 Å². The molecule has 1 aliphatic rings. The molecule has 0 amide bonds. The van der Waals surface area contributed by atoms with Crippen molar-refractivity contribution in [2.24, 2.45) is 0 Å². The number of carbonyl (C=O) groups excluding carboxylic acids is 1. The zero-order chi connectivity index (χ0) is 13.9. The monoisotopic (exact) mass is 250 g/mol. The molecule has 0 bridgehead atoms. The van der Waals surface area contributed by atoms with Gasteiger partial charge >= 0.3 is 0 Å². The summed E-state index contributed by atoms with van der Waals surface area (Å²) in [4.78, 5) is 11.5. The van der Waals surface area contributed by atoms with Crippen LogP contribution in [0.2, 0.25) is 0 Å². The molecule has 0 atom stereocenters. The van der Waals surface area contributed by atoms with Crippen molar-refractivity contribution in [1.29, 1.82) is 0 Å². The Kier molecular flexibility index (Phi) is 6.71. The number of hydrogen-bond donors (Lipinski definition) is 0. The van der Waals surface area contributed by atoms with Gasteiger partial charge in [-0.1, -0.05) is 56.3 Å². The Morgan fingerprint density at radius 1 is 1.05 bits per heavy atom. The van der Waals surface area contributed by atoms with E-state index in [0.717, 1.165) is 11.1 Å². The molecule has 19 heavy (non-hydrogen) atoms. The van der Waals surface area contributed by atoms with E-state index >= 15 is 0 Å². The van der Waals surface area contributed by atoms with Crippen LogP contribution < -0.4 is 0 Å². The molecule has 0 spiro atoms. The molecule has 0 aromatic heterocycles. The average molecular weight is 250 g/mol. The van der Waals surface area contributed by atoms with Gasteiger partial charge in [0, 0.05) is 0 Å². The van der Waals surface area contributed by atoms with Crippen molar-refractivity contribution >= 4 is 11.9 Å². The minimum atomic E-state index is -0.0185. The molecule has 1 aliphatic carbocycles. The van der Waals surface area contributed by atoms with E-state index in [1.54, 1.807) is 18.2 Å². The average Bonchev–Trinajstić information content (AvgIpc) is 2.99. The number of hydrogen-bond acceptors (Lipinski definition) is 1. The van der Waals surface area contributed by atoms with Crippen LogP contribution in [0.25, 0.3) is 6.08 Å². The fourth-order valence-electron chi connectivity index (χ4n) is 1.42. The molecule has 1 heteroatoms. The van der Waals surface area contributed by atoms with Gasteiger partial charge in [-0.25, -0.2) is 0 Å². The number of benzene rings is 1. The van der Waals surface area contributed by atoms with Gasteiger partial charge in [0.15, 0.2) is 5.78 Å². The van der Waals surface area contributed by atoms with Crippen LogP contribution in [0.4, 0.5) is 0 Å². The van der Waals surface area contributed by atoms with Crippen molar-refractivity contribution < 1.29 is 4.79 Å². The van der Waals surface area contributed by atoms with Gasteiger partial charge in [-0.15, -0.1) is 5.73 Å². The second-order valence-electron chi connectivity index (χ2n) is 3.62. The van der Waals surface area contributed by atoms with Crippen molar-refractivity contribution in [3.8, 4) is 0 Å². The Morgan fingerprint density at radius 3 is 2.37 bits per heavy atom. The summed E-state index contributed by atoms with van der Waals surface area (Å²) in [6.07, 6.45) is 12.3. The maximum atomic E-state index is 11.5. The van der Waals surface area contributed by atoms with E-state index in [-0.39, 0.29) is 5.78 Å². The van der Waals surface area contributed by atoms with Crippen molar-refractivity contribution in [3.63, 3.8) is 0 Å². The van der Waals surface area contributed by atoms with Gasteiger partial charge < -0.3 is 0 Å². The SMILES string of the molecule is CC.O=C(/C=C/C1=CC=C=C1)/C=C/c1ccccc1. The van der Waals surface area contributed by atoms with Crippen LogP contribution in [0, 0.1) is 0 Å². The quantitative estimate of drug-likeness (QED) is 0.568. The largest absolute Gasteiger partial charge is 0.290 e. The standard InChI is InChI=1S/C16H12O.C2H6/c17-16(13-11-15-8-4-5-9-15)12-10-14-6-2-1-3-7-14;1-2/h1-4,6-13H;1-2H3/b12-10+,13-11+;.